The van der Waals surface area contributed by atoms with Crippen LogP contribution in [0.15, 0.2) is 30.6 Å². The molecular formula is C25H25F2N3O4. The Kier molecular flexibility index (Phi) is 6.72. The van der Waals surface area contributed by atoms with Gasteiger partial charge in [0.05, 0.1) is 36.3 Å². The van der Waals surface area contributed by atoms with Crippen molar-refractivity contribution in [2.45, 2.75) is 46.1 Å². The number of rotatable bonds is 7. The number of carboxylic acids is 1. The number of hydrogen-bond donors (Lipinski definition) is 1. The van der Waals surface area contributed by atoms with Gasteiger partial charge in [-0.25, -0.2) is 18.7 Å². The first-order valence-corrected chi connectivity index (χ1v) is 11.1. The van der Waals surface area contributed by atoms with Crippen LogP contribution in [0.3, 0.4) is 0 Å². The lowest BCUT2D eigenvalue weighted by atomic mass is 9.94. The van der Waals surface area contributed by atoms with E-state index in [4.69, 9.17) is 14.6 Å². The van der Waals surface area contributed by atoms with Crippen LogP contribution in [0, 0.1) is 24.5 Å². The summed E-state index contributed by atoms with van der Waals surface area (Å²) < 4.78 is 40.9. The van der Waals surface area contributed by atoms with Crippen LogP contribution in [-0.2, 0) is 17.6 Å². The third-order valence-corrected chi connectivity index (χ3v) is 5.83. The van der Waals surface area contributed by atoms with Gasteiger partial charge in [0.25, 0.3) is 0 Å². The number of ether oxygens (including phenoxy) is 2. The fourth-order valence-corrected chi connectivity index (χ4v) is 4.00. The van der Waals surface area contributed by atoms with Gasteiger partial charge in [-0.2, -0.15) is 0 Å². The van der Waals surface area contributed by atoms with E-state index in [1.165, 1.54) is 19.2 Å². The zero-order valence-electron chi connectivity index (χ0n) is 19.1. The Hall–Kier alpha value is -3.62. The van der Waals surface area contributed by atoms with Crippen LogP contribution in [-0.4, -0.2) is 32.6 Å². The lowest BCUT2D eigenvalue weighted by Gasteiger charge is -2.27. The second kappa shape index (κ2) is 9.70. The maximum atomic E-state index is 15.2. The molecule has 4 rings (SSSR count). The molecule has 1 aromatic carbocycles. The largest absolute Gasteiger partial charge is 0.481 e. The van der Waals surface area contributed by atoms with Gasteiger partial charge in [-0.15, -0.1) is 0 Å². The predicted octanol–water partition coefficient (Wildman–Crippen LogP) is 4.85. The van der Waals surface area contributed by atoms with Gasteiger partial charge in [0.2, 0.25) is 5.88 Å². The number of carboxylic acid groups (broad SMARTS) is 1. The molecule has 2 aromatic heterocycles. The van der Waals surface area contributed by atoms with Crippen molar-refractivity contribution in [2.24, 2.45) is 5.92 Å². The highest BCUT2D eigenvalue weighted by atomic mass is 19.1. The summed E-state index contributed by atoms with van der Waals surface area (Å²) in [5.74, 6) is -2.38. The number of aryl methyl sites for hydroxylation is 2. The Morgan fingerprint density at radius 2 is 2.09 bits per heavy atom. The van der Waals surface area contributed by atoms with Crippen LogP contribution in [0.4, 0.5) is 8.78 Å². The summed E-state index contributed by atoms with van der Waals surface area (Å²) >= 11 is 0. The van der Waals surface area contributed by atoms with E-state index in [2.05, 4.69) is 15.0 Å². The van der Waals surface area contributed by atoms with E-state index in [0.29, 0.717) is 42.1 Å². The number of aromatic nitrogens is 3. The highest BCUT2D eigenvalue weighted by Gasteiger charge is 2.29. The fourth-order valence-electron chi connectivity index (χ4n) is 4.00. The van der Waals surface area contributed by atoms with Gasteiger partial charge in [0, 0.05) is 11.6 Å². The fraction of sp³-hybridized carbons (Fsp3) is 0.360. The number of nitrogens with zero attached hydrogens (tertiary/aromatic N) is 3. The number of hydrogen-bond acceptors (Lipinski definition) is 6. The summed E-state index contributed by atoms with van der Waals surface area (Å²) in [5.41, 5.74) is 2.65. The maximum absolute atomic E-state index is 15.2. The average Bonchev–Trinajstić information content (AvgIpc) is 2.82. The van der Waals surface area contributed by atoms with E-state index in [1.54, 1.807) is 19.1 Å². The van der Waals surface area contributed by atoms with Crippen molar-refractivity contribution in [3.63, 3.8) is 0 Å². The van der Waals surface area contributed by atoms with Gasteiger partial charge in [0.15, 0.2) is 17.4 Å². The lowest BCUT2D eigenvalue weighted by molar-refractivity contribution is -0.141. The van der Waals surface area contributed by atoms with Gasteiger partial charge in [-0.3, -0.25) is 9.78 Å². The normalized spacial score (nSPS) is 15.9. The van der Waals surface area contributed by atoms with Crippen LogP contribution in [0.5, 0.6) is 11.6 Å². The minimum Gasteiger partial charge on any atom is -0.481 e. The second-order valence-electron chi connectivity index (χ2n) is 8.28. The number of pyridine rings is 1. The highest BCUT2D eigenvalue weighted by molar-refractivity contribution is 5.70. The lowest BCUT2D eigenvalue weighted by Crippen LogP contribution is -2.20. The first kappa shape index (κ1) is 23.5. The first-order chi connectivity index (χ1) is 16.3. The molecule has 0 radical (unpaired) electrons. The third kappa shape index (κ3) is 4.69. The molecule has 0 saturated carbocycles. The van der Waals surface area contributed by atoms with Gasteiger partial charge < -0.3 is 14.6 Å². The summed E-state index contributed by atoms with van der Waals surface area (Å²) in [4.78, 5) is 24.1. The van der Waals surface area contributed by atoms with Gasteiger partial charge >= 0.3 is 5.97 Å². The summed E-state index contributed by atoms with van der Waals surface area (Å²) in [7, 11) is 0. The molecule has 9 heteroatoms. The molecule has 0 fully saturated rings. The molecule has 0 saturated heterocycles. The minimum absolute atomic E-state index is 0.0667. The average molecular weight is 469 g/mol. The SMILES string of the molecule is CCOc1cc(-c2cnc(C3CCc4ccc(CC(C)C(=O)O)c(F)c4O3)c(C)n2)c(F)cn1. The molecular weight excluding hydrogens is 444 g/mol. The molecule has 7 nitrogen and oxygen atoms in total. The predicted molar refractivity (Wildman–Crippen MR) is 120 cm³/mol. The number of benzene rings is 1. The van der Waals surface area contributed by atoms with Crippen molar-refractivity contribution >= 4 is 5.97 Å². The van der Waals surface area contributed by atoms with Crippen LogP contribution >= 0.6 is 0 Å². The molecule has 1 aliphatic rings. The molecule has 2 unspecified atom stereocenters. The summed E-state index contributed by atoms with van der Waals surface area (Å²) in [6, 6.07) is 4.88. The zero-order valence-corrected chi connectivity index (χ0v) is 19.1. The Morgan fingerprint density at radius 1 is 1.29 bits per heavy atom. The van der Waals surface area contributed by atoms with Crippen LogP contribution in [0.1, 0.15) is 48.9 Å². The molecule has 0 bridgehead atoms. The molecule has 34 heavy (non-hydrogen) atoms. The van der Waals surface area contributed by atoms with E-state index in [0.717, 1.165) is 11.8 Å². The van der Waals surface area contributed by atoms with E-state index in [9.17, 15) is 9.18 Å². The molecule has 0 aliphatic carbocycles. The molecule has 1 N–H and O–H groups in total. The molecule has 178 valence electrons. The van der Waals surface area contributed by atoms with E-state index in [-0.39, 0.29) is 23.6 Å². The van der Waals surface area contributed by atoms with E-state index in [1.807, 2.05) is 6.92 Å². The van der Waals surface area contributed by atoms with Gasteiger partial charge in [-0.1, -0.05) is 19.1 Å². The summed E-state index contributed by atoms with van der Waals surface area (Å²) in [6.45, 7) is 5.49. The molecule has 0 spiro atoms. The minimum atomic E-state index is -0.985. The topological polar surface area (TPSA) is 94.4 Å². The standard InChI is InChI=1S/C25H25F2N3O4/c1-4-33-21-10-17(18(26)11-28-21)19-12-29-23(14(3)30-19)20-8-7-15-5-6-16(9-13(2)25(31)32)22(27)24(15)34-20/h5-6,10-13,20H,4,7-9H2,1-3H3,(H,31,32). The van der Waals surface area contributed by atoms with Crippen molar-refractivity contribution in [1.82, 2.24) is 15.0 Å². The Labute approximate surface area is 195 Å². The van der Waals surface area contributed by atoms with Crippen molar-refractivity contribution in [3.8, 4) is 22.9 Å². The summed E-state index contributed by atoms with van der Waals surface area (Å²) in [5, 5.41) is 9.15. The number of fused-ring (bicyclic) bond motifs is 1. The van der Waals surface area contributed by atoms with Gasteiger partial charge in [0.1, 0.15) is 11.8 Å². The molecule has 3 heterocycles. The quantitative estimate of drug-likeness (QED) is 0.528. The number of halogens is 2. The smallest absolute Gasteiger partial charge is 0.306 e. The summed E-state index contributed by atoms with van der Waals surface area (Å²) in [6.07, 6.45) is 3.22. The number of carbonyl (C=O) groups is 1. The van der Waals surface area contributed by atoms with Crippen molar-refractivity contribution in [1.29, 1.82) is 0 Å². The maximum Gasteiger partial charge on any atom is 0.306 e. The van der Waals surface area contributed by atoms with Crippen molar-refractivity contribution in [2.75, 3.05) is 6.61 Å². The molecule has 1 aliphatic heterocycles. The molecule has 2 atom stereocenters. The zero-order chi connectivity index (χ0) is 24.4. The monoisotopic (exact) mass is 469 g/mol. The number of aliphatic carboxylic acids is 1. The van der Waals surface area contributed by atoms with Crippen molar-refractivity contribution < 1.29 is 28.2 Å². The first-order valence-electron chi connectivity index (χ1n) is 11.1. The van der Waals surface area contributed by atoms with Gasteiger partial charge in [-0.05, 0) is 44.2 Å². The highest BCUT2D eigenvalue weighted by Crippen LogP contribution is 2.38. The Morgan fingerprint density at radius 3 is 2.79 bits per heavy atom. The molecule has 3 aromatic rings. The second-order valence-corrected chi connectivity index (χ2v) is 8.28. The third-order valence-electron chi connectivity index (χ3n) is 5.83. The Balaban J connectivity index is 1.60. The Bertz CT molecular complexity index is 1240. The van der Waals surface area contributed by atoms with Crippen LogP contribution in [0.2, 0.25) is 0 Å². The molecule has 0 amide bonds. The van der Waals surface area contributed by atoms with Crippen molar-refractivity contribution in [3.05, 3.63) is 64.7 Å². The van der Waals surface area contributed by atoms with Crippen LogP contribution in [0.25, 0.3) is 11.3 Å². The van der Waals surface area contributed by atoms with E-state index < -0.39 is 29.6 Å². The van der Waals surface area contributed by atoms with Crippen LogP contribution < -0.4 is 9.47 Å². The van der Waals surface area contributed by atoms with E-state index >= 15 is 4.39 Å².